The molecule has 0 heterocycles. The van der Waals surface area contributed by atoms with E-state index in [-0.39, 0.29) is 9.79 Å². The summed E-state index contributed by atoms with van der Waals surface area (Å²) in [6.45, 7) is 6.47. The van der Waals surface area contributed by atoms with Crippen LogP contribution in [0.4, 0.5) is 0 Å². The van der Waals surface area contributed by atoms with Crippen LogP contribution in [-0.2, 0) is 20.2 Å². The van der Waals surface area contributed by atoms with Crippen LogP contribution in [0.1, 0.15) is 18.1 Å². The summed E-state index contributed by atoms with van der Waals surface area (Å²) in [5.74, 6) is 4.78. The molecule has 0 aliphatic rings. The third-order valence-electron chi connectivity index (χ3n) is 2.84. The van der Waals surface area contributed by atoms with E-state index in [1.807, 2.05) is 20.8 Å². The van der Waals surface area contributed by atoms with Gasteiger partial charge in [-0.15, -0.1) is 0 Å². The van der Waals surface area contributed by atoms with Gasteiger partial charge < -0.3 is 0 Å². The molecular formula is C16H24N2O6S2. The zero-order chi connectivity index (χ0) is 20.4. The number of aryl methyl sites for hydroxylation is 2. The number of rotatable bonds is 3. The third-order valence-corrected chi connectivity index (χ3v) is 4.58. The number of nitrogens with one attached hydrogen (secondary N) is 1. The second-order valence-corrected chi connectivity index (χ2v) is 7.98. The SMILES string of the molecule is CCNN.Cc1ccc(S(=O)(=O)O)cc1.Cc1ccc(S(=O)(=O)O)cc1. The summed E-state index contributed by atoms with van der Waals surface area (Å²) in [5.41, 5.74) is 4.34. The Morgan fingerprint density at radius 3 is 1.15 bits per heavy atom. The molecular weight excluding hydrogens is 380 g/mol. The molecule has 0 atom stereocenters. The number of benzene rings is 2. The van der Waals surface area contributed by atoms with Gasteiger partial charge in [0.25, 0.3) is 20.2 Å². The van der Waals surface area contributed by atoms with Crippen LogP contribution in [0.5, 0.6) is 0 Å². The predicted molar refractivity (Wildman–Crippen MR) is 99.9 cm³/mol. The van der Waals surface area contributed by atoms with E-state index in [9.17, 15) is 16.8 Å². The van der Waals surface area contributed by atoms with Gasteiger partial charge in [-0.25, -0.2) is 0 Å². The Kier molecular flexibility index (Phi) is 10.2. The lowest BCUT2D eigenvalue weighted by Crippen LogP contribution is -2.20. The van der Waals surface area contributed by atoms with Crippen molar-refractivity contribution in [1.29, 1.82) is 0 Å². The molecule has 2 aromatic rings. The molecule has 0 aliphatic carbocycles. The van der Waals surface area contributed by atoms with Gasteiger partial charge in [0, 0.05) is 6.54 Å². The Bertz CT molecular complexity index is 786. The first-order chi connectivity index (χ1) is 11.9. The fraction of sp³-hybridized carbons (Fsp3) is 0.250. The molecule has 10 heteroatoms. The second-order valence-electron chi connectivity index (χ2n) is 5.13. The van der Waals surface area contributed by atoms with E-state index in [1.54, 1.807) is 24.3 Å². The standard InChI is InChI=1S/2C7H8O3S.C2H8N2/c2*1-6-2-4-7(5-3-6)11(8,9)10;1-2-4-3/h2*2-5H,1H3,(H,8,9,10);4H,2-3H2,1H3. The highest BCUT2D eigenvalue weighted by atomic mass is 32.2. The van der Waals surface area contributed by atoms with Crippen LogP contribution in [0.3, 0.4) is 0 Å². The molecule has 2 aromatic carbocycles. The van der Waals surface area contributed by atoms with Gasteiger partial charge in [-0.1, -0.05) is 42.3 Å². The van der Waals surface area contributed by atoms with Crippen molar-refractivity contribution in [2.45, 2.75) is 30.6 Å². The van der Waals surface area contributed by atoms with Crippen LogP contribution in [0.2, 0.25) is 0 Å². The Morgan fingerprint density at radius 2 is 1.00 bits per heavy atom. The van der Waals surface area contributed by atoms with Gasteiger partial charge in [0.2, 0.25) is 0 Å². The van der Waals surface area contributed by atoms with Crippen LogP contribution in [-0.4, -0.2) is 32.5 Å². The maximum Gasteiger partial charge on any atom is 0.294 e. The van der Waals surface area contributed by atoms with Gasteiger partial charge in [0.1, 0.15) is 0 Å². The van der Waals surface area contributed by atoms with Crippen molar-refractivity contribution in [3.05, 3.63) is 59.7 Å². The Morgan fingerprint density at radius 1 is 0.769 bits per heavy atom. The van der Waals surface area contributed by atoms with Crippen LogP contribution >= 0.6 is 0 Å². The highest BCUT2D eigenvalue weighted by molar-refractivity contribution is 7.86. The summed E-state index contributed by atoms with van der Waals surface area (Å²) in [4.78, 5) is -0.133. The molecule has 0 fully saturated rings. The molecule has 0 saturated heterocycles. The minimum Gasteiger partial charge on any atom is -0.282 e. The van der Waals surface area contributed by atoms with E-state index in [1.165, 1.54) is 24.3 Å². The molecule has 0 radical (unpaired) electrons. The molecule has 0 saturated carbocycles. The van der Waals surface area contributed by atoms with Gasteiger partial charge >= 0.3 is 0 Å². The molecule has 5 N–H and O–H groups in total. The average Bonchev–Trinajstić information content (AvgIpc) is 2.55. The normalized spacial score (nSPS) is 10.8. The van der Waals surface area contributed by atoms with Crippen LogP contribution in [0.25, 0.3) is 0 Å². The lowest BCUT2D eigenvalue weighted by atomic mass is 10.2. The molecule has 8 nitrogen and oxygen atoms in total. The largest absolute Gasteiger partial charge is 0.294 e. The Balaban J connectivity index is 0.000000401. The summed E-state index contributed by atoms with van der Waals surface area (Å²) in [6.07, 6.45) is 0. The van der Waals surface area contributed by atoms with E-state index in [2.05, 4.69) is 5.43 Å². The molecule has 0 aromatic heterocycles. The van der Waals surface area contributed by atoms with E-state index in [0.29, 0.717) is 0 Å². The summed E-state index contributed by atoms with van der Waals surface area (Å²) in [6, 6.07) is 12.0. The predicted octanol–water partition coefficient (Wildman–Crippen LogP) is 1.95. The van der Waals surface area contributed by atoms with Gasteiger partial charge in [-0.05, 0) is 38.1 Å². The lowest BCUT2D eigenvalue weighted by molar-refractivity contribution is 0.481. The van der Waals surface area contributed by atoms with Gasteiger partial charge in [-0.2, -0.15) is 16.8 Å². The molecule has 0 unspecified atom stereocenters. The van der Waals surface area contributed by atoms with Crippen molar-refractivity contribution in [3.8, 4) is 0 Å². The molecule has 0 spiro atoms. The minimum absolute atomic E-state index is 0.0666. The third kappa shape index (κ3) is 10.2. The highest BCUT2D eigenvalue weighted by Gasteiger charge is 2.07. The molecule has 0 aliphatic heterocycles. The van der Waals surface area contributed by atoms with E-state index in [0.717, 1.165) is 17.7 Å². The topological polar surface area (TPSA) is 147 Å². The summed E-state index contributed by atoms with van der Waals surface area (Å²) in [5, 5.41) is 0. The molecule has 2 rings (SSSR count). The monoisotopic (exact) mass is 404 g/mol. The van der Waals surface area contributed by atoms with Gasteiger partial charge in [0.15, 0.2) is 0 Å². The van der Waals surface area contributed by atoms with Crippen molar-refractivity contribution >= 4 is 20.2 Å². The van der Waals surface area contributed by atoms with Gasteiger partial charge in [-0.3, -0.25) is 20.4 Å². The van der Waals surface area contributed by atoms with Crippen LogP contribution < -0.4 is 11.3 Å². The van der Waals surface area contributed by atoms with E-state index in [4.69, 9.17) is 14.9 Å². The maximum absolute atomic E-state index is 10.5. The lowest BCUT2D eigenvalue weighted by Gasteiger charge is -1.95. The Hall–Kier alpha value is -1.82. The highest BCUT2D eigenvalue weighted by Crippen LogP contribution is 2.09. The summed E-state index contributed by atoms with van der Waals surface area (Å²) >= 11 is 0. The van der Waals surface area contributed by atoms with Crippen molar-refractivity contribution in [3.63, 3.8) is 0 Å². The van der Waals surface area contributed by atoms with Crippen molar-refractivity contribution < 1.29 is 25.9 Å². The Labute approximate surface area is 154 Å². The van der Waals surface area contributed by atoms with Crippen LogP contribution in [0, 0.1) is 13.8 Å². The zero-order valence-electron chi connectivity index (χ0n) is 14.7. The first-order valence-corrected chi connectivity index (χ1v) is 10.3. The molecule has 26 heavy (non-hydrogen) atoms. The number of hydrazine groups is 1. The molecule has 0 amide bonds. The van der Waals surface area contributed by atoms with Crippen molar-refractivity contribution in [1.82, 2.24) is 5.43 Å². The molecule has 0 bridgehead atoms. The minimum atomic E-state index is -4.02. The van der Waals surface area contributed by atoms with Crippen molar-refractivity contribution in [2.24, 2.45) is 5.84 Å². The fourth-order valence-electron chi connectivity index (χ4n) is 1.42. The average molecular weight is 405 g/mol. The summed E-state index contributed by atoms with van der Waals surface area (Å²) in [7, 11) is -8.04. The maximum atomic E-state index is 10.5. The summed E-state index contributed by atoms with van der Waals surface area (Å²) < 4.78 is 59.1. The quantitative estimate of drug-likeness (QED) is 0.345. The van der Waals surface area contributed by atoms with E-state index < -0.39 is 20.2 Å². The second kappa shape index (κ2) is 11.0. The number of hydrogen-bond acceptors (Lipinski definition) is 6. The number of nitrogens with two attached hydrogens (primary N) is 1. The smallest absolute Gasteiger partial charge is 0.282 e. The zero-order valence-corrected chi connectivity index (χ0v) is 16.4. The fourth-order valence-corrected chi connectivity index (χ4v) is 2.38. The molecule has 146 valence electrons. The first kappa shape index (κ1) is 24.2. The van der Waals surface area contributed by atoms with Crippen LogP contribution in [0.15, 0.2) is 58.3 Å². The first-order valence-electron chi connectivity index (χ1n) is 7.43. The number of hydrogen-bond donors (Lipinski definition) is 4. The van der Waals surface area contributed by atoms with Gasteiger partial charge in [0.05, 0.1) is 9.79 Å². The van der Waals surface area contributed by atoms with Crippen molar-refractivity contribution in [2.75, 3.05) is 6.54 Å². The van der Waals surface area contributed by atoms with E-state index >= 15 is 0 Å².